The number of nitrogens with one attached hydrogen (secondary N) is 1. The molecule has 0 aromatic heterocycles. The lowest BCUT2D eigenvalue weighted by Crippen LogP contribution is -2.42. The van der Waals surface area contributed by atoms with E-state index in [0.29, 0.717) is 25.9 Å². The van der Waals surface area contributed by atoms with Crippen LogP contribution in [0, 0.1) is 18.7 Å². The van der Waals surface area contributed by atoms with Crippen molar-refractivity contribution < 1.29 is 14.0 Å². The summed E-state index contributed by atoms with van der Waals surface area (Å²) in [5.74, 6) is -1.06. The van der Waals surface area contributed by atoms with Gasteiger partial charge in [0.1, 0.15) is 5.82 Å². The van der Waals surface area contributed by atoms with Gasteiger partial charge in [-0.15, -0.1) is 0 Å². The maximum absolute atomic E-state index is 13.6. The van der Waals surface area contributed by atoms with Crippen LogP contribution >= 0.6 is 0 Å². The molecule has 1 aliphatic heterocycles. The first-order valence-electron chi connectivity index (χ1n) is 7.03. The SMILES string of the molecule is Cc1ccc(NC(=O)CN2CCC(C(N)=O)CC2)c(F)c1. The van der Waals surface area contributed by atoms with Gasteiger partial charge in [0, 0.05) is 5.92 Å². The van der Waals surface area contributed by atoms with Crippen LogP contribution < -0.4 is 11.1 Å². The number of piperidine rings is 1. The Morgan fingerprint density at radius 1 is 1.38 bits per heavy atom. The lowest BCUT2D eigenvalue weighted by atomic mass is 9.96. The van der Waals surface area contributed by atoms with Gasteiger partial charge in [-0.25, -0.2) is 4.39 Å². The number of amides is 2. The molecule has 0 unspecified atom stereocenters. The molecule has 0 aliphatic carbocycles. The highest BCUT2D eigenvalue weighted by Gasteiger charge is 2.24. The smallest absolute Gasteiger partial charge is 0.238 e. The molecule has 1 aliphatic rings. The summed E-state index contributed by atoms with van der Waals surface area (Å²) >= 11 is 0. The Balaban J connectivity index is 1.84. The number of hydrogen-bond donors (Lipinski definition) is 2. The van der Waals surface area contributed by atoms with Crippen molar-refractivity contribution >= 4 is 17.5 Å². The van der Waals surface area contributed by atoms with Crippen molar-refractivity contribution in [2.45, 2.75) is 19.8 Å². The minimum atomic E-state index is -0.434. The van der Waals surface area contributed by atoms with Gasteiger partial charge >= 0.3 is 0 Å². The van der Waals surface area contributed by atoms with Gasteiger partial charge in [-0.3, -0.25) is 14.5 Å². The van der Waals surface area contributed by atoms with Crippen LogP contribution in [0.4, 0.5) is 10.1 Å². The number of hydrogen-bond acceptors (Lipinski definition) is 3. The summed E-state index contributed by atoms with van der Waals surface area (Å²) in [6.07, 6.45) is 1.34. The zero-order chi connectivity index (χ0) is 15.4. The van der Waals surface area contributed by atoms with E-state index in [-0.39, 0.29) is 30.0 Å². The second-order valence-electron chi connectivity index (χ2n) is 5.48. The number of halogens is 1. The molecule has 2 rings (SSSR count). The Morgan fingerprint density at radius 2 is 2.05 bits per heavy atom. The lowest BCUT2D eigenvalue weighted by Gasteiger charge is -2.29. The third-order valence-corrected chi connectivity index (χ3v) is 3.76. The lowest BCUT2D eigenvalue weighted by molar-refractivity contribution is -0.123. The predicted molar refractivity (Wildman–Crippen MR) is 78.1 cm³/mol. The topological polar surface area (TPSA) is 75.4 Å². The van der Waals surface area contributed by atoms with E-state index in [1.165, 1.54) is 6.07 Å². The first kappa shape index (κ1) is 15.4. The molecule has 114 valence electrons. The minimum Gasteiger partial charge on any atom is -0.369 e. The first-order valence-corrected chi connectivity index (χ1v) is 7.03. The van der Waals surface area contributed by atoms with Gasteiger partial charge in [0.05, 0.1) is 12.2 Å². The van der Waals surface area contributed by atoms with Crippen molar-refractivity contribution in [2.75, 3.05) is 25.0 Å². The van der Waals surface area contributed by atoms with Crippen LogP contribution in [-0.2, 0) is 9.59 Å². The highest BCUT2D eigenvalue weighted by Crippen LogP contribution is 2.18. The number of carbonyl (C=O) groups excluding carboxylic acids is 2. The molecule has 1 fully saturated rings. The molecule has 5 nitrogen and oxygen atoms in total. The molecule has 2 amide bonds. The standard InChI is InChI=1S/C15H20FN3O2/c1-10-2-3-13(12(16)8-10)18-14(20)9-19-6-4-11(5-7-19)15(17)21/h2-3,8,11H,4-7,9H2,1H3,(H2,17,21)(H,18,20). The Bertz CT molecular complexity index is 540. The van der Waals surface area contributed by atoms with Gasteiger partial charge in [0.15, 0.2) is 0 Å². The summed E-state index contributed by atoms with van der Waals surface area (Å²) < 4.78 is 13.6. The Hall–Kier alpha value is -1.95. The van der Waals surface area contributed by atoms with Crippen LogP contribution in [0.3, 0.4) is 0 Å². The zero-order valence-electron chi connectivity index (χ0n) is 12.1. The van der Waals surface area contributed by atoms with E-state index < -0.39 is 5.82 Å². The molecular weight excluding hydrogens is 273 g/mol. The third-order valence-electron chi connectivity index (χ3n) is 3.76. The number of nitrogens with two attached hydrogens (primary N) is 1. The van der Waals surface area contributed by atoms with E-state index in [0.717, 1.165) is 5.56 Å². The Kier molecular flexibility index (Phi) is 4.90. The fraction of sp³-hybridized carbons (Fsp3) is 0.467. The largest absolute Gasteiger partial charge is 0.369 e. The first-order chi connectivity index (χ1) is 9.95. The molecule has 1 saturated heterocycles. The van der Waals surface area contributed by atoms with Crippen molar-refractivity contribution in [1.29, 1.82) is 0 Å². The number of rotatable bonds is 4. The van der Waals surface area contributed by atoms with E-state index in [9.17, 15) is 14.0 Å². The fourth-order valence-electron chi connectivity index (χ4n) is 2.49. The van der Waals surface area contributed by atoms with Gasteiger partial charge < -0.3 is 11.1 Å². The van der Waals surface area contributed by atoms with Gasteiger partial charge in [0.25, 0.3) is 0 Å². The van der Waals surface area contributed by atoms with Crippen LogP contribution in [0.5, 0.6) is 0 Å². The molecule has 0 bridgehead atoms. The average Bonchev–Trinajstić information content (AvgIpc) is 2.42. The highest BCUT2D eigenvalue weighted by molar-refractivity contribution is 5.92. The van der Waals surface area contributed by atoms with E-state index >= 15 is 0 Å². The molecule has 1 aromatic rings. The van der Waals surface area contributed by atoms with Gasteiger partial charge in [-0.2, -0.15) is 0 Å². The molecule has 0 spiro atoms. The maximum Gasteiger partial charge on any atom is 0.238 e. The molecular formula is C15H20FN3O2. The average molecular weight is 293 g/mol. The normalized spacial score (nSPS) is 16.7. The highest BCUT2D eigenvalue weighted by atomic mass is 19.1. The second kappa shape index (κ2) is 6.67. The van der Waals surface area contributed by atoms with Crippen LogP contribution in [0.15, 0.2) is 18.2 Å². The number of nitrogens with zero attached hydrogens (tertiary/aromatic N) is 1. The molecule has 1 heterocycles. The zero-order valence-corrected chi connectivity index (χ0v) is 12.1. The van der Waals surface area contributed by atoms with Crippen molar-refractivity contribution in [1.82, 2.24) is 4.90 Å². The predicted octanol–water partition coefficient (Wildman–Crippen LogP) is 1.27. The number of aryl methyl sites for hydroxylation is 1. The molecule has 1 aromatic carbocycles. The summed E-state index contributed by atoms with van der Waals surface area (Å²) in [5.41, 5.74) is 6.26. The molecule has 3 N–H and O–H groups in total. The summed E-state index contributed by atoms with van der Waals surface area (Å²) in [5, 5.41) is 2.57. The van der Waals surface area contributed by atoms with Crippen molar-refractivity contribution in [3.63, 3.8) is 0 Å². The number of carbonyl (C=O) groups is 2. The van der Waals surface area contributed by atoms with Gasteiger partial charge in [0.2, 0.25) is 11.8 Å². The summed E-state index contributed by atoms with van der Waals surface area (Å²) in [4.78, 5) is 24.9. The minimum absolute atomic E-state index is 0.0983. The Morgan fingerprint density at radius 3 is 2.62 bits per heavy atom. The van der Waals surface area contributed by atoms with E-state index in [4.69, 9.17) is 5.73 Å². The van der Waals surface area contributed by atoms with Crippen LogP contribution in [0.1, 0.15) is 18.4 Å². The summed E-state index contributed by atoms with van der Waals surface area (Å²) in [6, 6.07) is 4.69. The van der Waals surface area contributed by atoms with E-state index in [2.05, 4.69) is 5.32 Å². The molecule has 21 heavy (non-hydrogen) atoms. The quantitative estimate of drug-likeness (QED) is 0.878. The van der Waals surface area contributed by atoms with Crippen LogP contribution in [0.2, 0.25) is 0 Å². The van der Waals surface area contributed by atoms with Crippen molar-refractivity contribution in [3.8, 4) is 0 Å². The van der Waals surface area contributed by atoms with Gasteiger partial charge in [-0.1, -0.05) is 6.07 Å². The van der Waals surface area contributed by atoms with Crippen LogP contribution in [-0.4, -0.2) is 36.3 Å². The monoisotopic (exact) mass is 293 g/mol. The number of anilines is 1. The van der Waals surface area contributed by atoms with Crippen LogP contribution in [0.25, 0.3) is 0 Å². The number of primary amides is 1. The van der Waals surface area contributed by atoms with E-state index in [1.54, 1.807) is 19.1 Å². The third kappa shape index (κ3) is 4.26. The second-order valence-corrected chi connectivity index (χ2v) is 5.48. The van der Waals surface area contributed by atoms with Crippen molar-refractivity contribution in [2.24, 2.45) is 11.7 Å². The number of likely N-dealkylation sites (tertiary alicyclic amines) is 1. The van der Waals surface area contributed by atoms with Crippen molar-refractivity contribution in [3.05, 3.63) is 29.6 Å². The summed E-state index contributed by atoms with van der Waals surface area (Å²) in [7, 11) is 0. The molecule has 0 radical (unpaired) electrons. The van der Waals surface area contributed by atoms with Gasteiger partial charge in [-0.05, 0) is 50.6 Å². The maximum atomic E-state index is 13.6. The summed E-state index contributed by atoms with van der Waals surface area (Å²) in [6.45, 7) is 3.28. The Labute approximate surface area is 123 Å². The molecule has 0 saturated carbocycles. The number of benzene rings is 1. The molecule has 0 atom stereocenters. The molecule has 6 heteroatoms. The van der Waals surface area contributed by atoms with E-state index in [1.807, 2.05) is 4.90 Å². The fourth-order valence-corrected chi connectivity index (χ4v) is 2.49.